The van der Waals surface area contributed by atoms with Gasteiger partial charge in [-0.05, 0) is 62.7 Å². The van der Waals surface area contributed by atoms with E-state index in [1.165, 1.54) is 30.4 Å². The van der Waals surface area contributed by atoms with Crippen LogP contribution in [0.15, 0.2) is 24.8 Å². The topological polar surface area (TPSA) is 33.7 Å². The molecule has 2 heterocycles. The molecule has 2 aliphatic carbocycles. The maximum absolute atomic E-state index is 6.78. The maximum atomic E-state index is 6.78. The second kappa shape index (κ2) is 6.52. The predicted molar refractivity (Wildman–Crippen MR) is 108 cm³/mol. The van der Waals surface area contributed by atoms with Gasteiger partial charge in [0.05, 0.1) is 7.11 Å². The van der Waals surface area contributed by atoms with Gasteiger partial charge < -0.3 is 14.8 Å². The molecule has 4 heteroatoms. The van der Waals surface area contributed by atoms with Crippen molar-refractivity contribution < 1.29 is 9.47 Å². The summed E-state index contributed by atoms with van der Waals surface area (Å²) in [5, 5.41) is 3.82. The van der Waals surface area contributed by atoms with Crippen molar-refractivity contribution in [2.24, 2.45) is 5.92 Å². The van der Waals surface area contributed by atoms with E-state index in [1.807, 2.05) is 0 Å². The summed E-state index contributed by atoms with van der Waals surface area (Å²) in [5.41, 5.74) is 3.14. The first kappa shape index (κ1) is 17.6. The number of nitrogens with one attached hydrogen (secondary N) is 1. The van der Waals surface area contributed by atoms with Crippen LogP contribution < -0.4 is 14.8 Å². The molecular formula is C23H32N2O2. The SMILES string of the molecule is C=CCN1CC[C@@]23c4c5ccc(OC)c4OC2C(NCCC)CCC3C1C5. The number of ether oxygens (including phenoxy) is 2. The van der Waals surface area contributed by atoms with Crippen LogP contribution in [0.1, 0.15) is 43.7 Å². The molecule has 1 aromatic carbocycles. The maximum Gasteiger partial charge on any atom is 0.165 e. The first-order valence-corrected chi connectivity index (χ1v) is 10.7. The Hall–Kier alpha value is -1.52. The van der Waals surface area contributed by atoms with E-state index < -0.39 is 0 Å². The summed E-state index contributed by atoms with van der Waals surface area (Å²) >= 11 is 0. The lowest BCUT2D eigenvalue weighted by Crippen LogP contribution is -2.68. The summed E-state index contributed by atoms with van der Waals surface area (Å²) in [6.45, 7) is 9.46. The summed E-state index contributed by atoms with van der Waals surface area (Å²) in [5.74, 6) is 2.64. The minimum atomic E-state index is 0.156. The highest BCUT2D eigenvalue weighted by Crippen LogP contribution is 2.63. The van der Waals surface area contributed by atoms with Crippen LogP contribution in [0, 0.1) is 5.92 Å². The second-order valence-electron chi connectivity index (χ2n) is 8.76. The van der Waals surface area contributed by atoms with Crippen LogP contribution in [-0.4, -0.2) is 49.8 Å². The molecule has 4 aliphatic rings. The summed E-state index contributed by atoms with van der Waals surface area (Å²) in [7, 11) is 1.77. The highest BCUT2D eigenvalue weighted by molar-refractivity contribution is 5.61. The van der Waals surface area contributed by atoms with Gasteiger partial charge in [-0.1, -0.05) is 19.1 Å². The van der Waals surface area contributed by atoms with Gasteiger partial charge in [-0.25, -0.2) is 0 Å². The average molecular weight is 369 g/mol. The highest BCUT2D eigenvalue weighted by atomic mass is 16.5. The van der Waals surface area contributed by atoms with E-state index >= 15 is 0 Å². The molecule has 0 radical (unpaired) electrons. The third-order valence-electron chi connectivity index (χ3n) is 7.66. The van der Waals surface area contributed by atoms with E-state index in [4.69, 9.17) is 9.47 Å². The van der Waals surface area contributed by atoms with Crippen molar-refractivity contribution in [2.75, 3.05) is 26.7 Å². The second-order valence-corrected chi connectivity index (χ2v) is 8.76. The molecule has 1 saturated carbocycles. The average Bonchev–Trinajstić information content (AvgIpc) is 3.03. The van der Waals surface area contributed by atoms with Gasteiger partial charge >= 0.3 is 0 Å². The van der Waals surface area contributed by atoms with Gasteiger partial charge in [0.25, 0.3) is 0 Å². The van der Waals surface area contributed by atoms with Crippen LogP contribution in [0.3, 0.4) is 0 Å². The molecule has 2 aliphatic heterocycles. The van der Waals surface area contributed by atoms with Crippen LogP contribution in [0.25, 0.3) is 0 Å². The summed E-state index contributed by atoms with van der Waals surface area (Å²) in [6.07, 6.45) is 8.29. The number of hydrogen-bond acceptors (Lipinski definition) is 4. The van der Waals surface area contributed by atoms with E-state index in [9.17, 15) is 0 Å². The summed E-state index contributed by atoms with van der Waals surface area (Å²) in [6, 6.07) is 5.47. The van der Waals surface area contributed by atoms with Gasteiger partial charge in [-0.15, -0.1) is 6.58 Å². The first-order chi connectivity index (χ1) is 13.2. The van der Waals surface area contributed by atoms with E-state index in [0.717, 1.165) is 44.0 Å². The Balaban J connectivity index is 1.64. The Labute approximate surface area is 162 Å². The van der Waals surface area contributed by atoms with Crippen molar-refractivity contribution in [3.05, 3.63) is 35.9 Å². The molecule has 0 aromatic heterocycles. The zero-order valence-electron chi connectivity index (χ0n) is 16.7. The normalized spacial score (nSPS) is 36.1. The van der Waals surface area contributed by atoms with E-state index in [-0.39, 0.29) is 11.5 Å². The molecule has 27 heavy (non-hydrogen) atoms. The van der Waals surface area contributed by atoms with E-state index in [2.05, 4.69) is 41.9 Å². The number of rotatable bonds is 6. The first-order valence-electron chi connectivity index (χ1n) is 10.7. The van der Waals surface area contributed by atoms with Gasteiger partial charge in [0.15, 0.2) is 11.5 Å². The van der Waals surface area contributed by atoms with E-state index in [0.29, 0.717) is 18.0 Å². The largest absolute Gasteiger partial charge is 0.493 e. The Morgan fingerprint density at radius 3 is 3.07 bits per heavy atom. The number of methoxy groups -OCH3 is 1. The molecule has 5 rings (SSSR count). The molecule has 5 atom stereocenters. The quantitative estimate of drug-likeness (QED) is 0.782. The van der Waals surface area contributed by atoms with Crippen LogP contribution in [0.4, 0.5) is 0 Å². The number of likely N-dealkylation sites (tertiary alicyclic amines) is 1. The van der Waals surface area contributed by atoms with Crippen molar-refractivity contribution in [2.45, 2.75) is 62.6 Å². The van der Waals surface area contributed by atoms with Gasteiger partial charge in [0.2, 0.25) is 0 Å². The fourth-order valence-electron chi connectivity index (χ4n) is 6.71. The lowest BCUT2D eigenvalue weighted by Gasteiger charge is -2.59. The van der Waals surface area contributed by atoms with Crippen LogP contribution in [-0.2, 0) is 11.8 Å². The molecule has 4 unspecified atom stereocenters. The van der Waals surface area contributed by atoms with Crippen molar-refractivity contribution >= 4 is 0 Å². The fraction of sp³-hybridized carbons (Fsp3) is 0.652. The standard InChI is InChI=1S/C23H32N2O2/c1-4-11-24-17-8-7-16-18-14-15-6-9-19(26-3)21-20(15)23(16,22(17)27-21)10-13-25(18)12-5-2/h5-6,9,16-18,22,24H,2,4,7-8,10-14H2,1,3H3/t16?,17?,18?,22?,23-/m1/s1. The minimum Gasteiger partial charge on any atom is -0.493 e. The Kier molecular flexibility index (Phi) is 4.25. The molecule has 4 nitrogen and oxygen atoms in total. The Bertz CT molecular complexity index is 748. The number of hydrogen-bond donors (Lipinski definition) is 1. The van der Waals surface area contributed by atoms with Crippen molar-refractivity contribution in [3.63, 3.8) is 0 Å². The molecule has 1 saturated heterocycles. The van der Waals surface area contributed by atoms with Gasteiger partial charge in [0.1, 0.15) is 6.10 Å². The van der Waals surface area contributed by atoms with Crippen LogP contribution in [0.2, 0.25) is 0 Å². The molecule has 1 spiro atoms. The molecule has 0 amide bonds. The third-order valence-corrected chi connectivity index (χ3v) is 7.66. The van der Waals surface area contributed by atoms with Crippen molar-refractivity contribution in [1.29, 1.82) is 0 Å². The predicted octanol–water partition coefficient (Wildman–Crippen LogP) is 3.29. The van der Waals surface area contributed by atoms with E-state index in [1.54, 1.807) is 7.11 Å². The molecule has 2 fully saturated rings. The van der Waals surface area contributed by atoms with Crippen LogP contribution >= 0.6 is 0 Å². The lowest BCUT2D eigenvalue weighted by atomic mass is 9.51. The Morgan fingerprint density at radius 1 is 1.41 bits per heavy atom. The monoisotopic (exact) mass is 368 g/mol. The molecular weight excluding hydrogens is 336 g/mol. The van der Waals surface area contributed by atoms with Crippen LogP contribution in [0.5, 0.6) is 11.5 Å². The number of benzene rings is 1. The molecule has 1 N–H and O–H groups in total. The lowest BCUT2D eigenvalue weighted by molar-refractivity contribution is -0.0615. The fourth-order valence-corrected chi connectivity index (χ4v) is 6.71. The van der Waals surface area contributed by atoms with Gasteiger partial charge in [0, 0.05) is 29.6 Å². The molecule has 1 aromatic rings. The minimum absolute atomic E-state index is 0.156. The number of nitrogens with zero attached hydrogens (tertiary/aromatic N) is 1. The molecule has 2 bridgehead atoms. The van der Waals surface area contributed by atoms with Gasteiger partial charge in [-0.2, -0.15) is 0 Å². The zero-order valence-corrected chi connectivity index (χ0v) is 16.7. The Morgan fingerprint density at radius 2 is 2.30 bits per heavy atom. The van der Waals surface area contributed by atoms with Crippen molar-refractivity contribution in [3.8, 4) is 11.5 Å². The van der Waals surface area contributed by atoms with Crippen molar-refractivity contribution in [1.82, 2.24) is 10.2 Å². The third kappa shape index (κ3) is 2.29. The molecule has 146 valence electrons. The van der Waals surface area contributed by atoms with Gasteiger partial charge in [-0.3, -0.25) is 4.90 Å². The summed E-state index contributed by atoms with van der Waals surface area (Å²) in [4.78, 5) is 2.67. The highest BCUT2D eigenvalue weighted by Gasteiger charge is 2.65. The number of piperidine rings is 1. The summed E-state index contributed by atoms with van der Waals surface area (Å²) < 4.78 is 12.5. The smallest absolute Gasteiger partial charge is 0.165 e. The zero-order chi connectivity index (χ0) is 18.6.